The molecule has 0 unspecified atom stereocenters. The second-order valence-electron chi connectivity index (χ2n) is 10.7. The number of hydrogen-bond acceptors (Lipinski definition) is 5. The fourth-order valence-electron chi connectivity index (χ4n) is 6.33. The maximum atomic E-state index is 13.7. The molecule has 2 fully saturated rings. The molecule has 192 valence electrons. The SMILES string of the molecule is CC[C@@H](C(=O)N1CCN(c2nc3ccccc3c3nnc(C4CCCCC4)n23)C[C@@H]1C)c1ccccc1. The molecule has 0 N–H and O–H groups in total. The van der Waals surface area contributed by atoms with Gasteiger partial charge in [-0.2, -0.15) is 0 Å². The van der Waals surface area contributed by atoms with Crippen molar-refractivity contribution in [2.75, 3.05) is 24.5 Å². The lowest BCUT2D eigenvalue weighted by molar-refractivity contribution is -0.135. The van der Waals surface area contributed by atoms with Crippen LogP contribution < -0.4 is 4.90 Å². The van der Waals surface area contributed by atoms with E-state index < -0.39 is 0 Å². The van der Waals surface area contributed by atoms with Gasteiger partial charge in [-0.25, -0.2) is 9.38 Å². The topological polar surface area (TPSA) is 66.6 Å². The molecule has 7 nitrogen and oxygen atoms in total. The lowest BCUT2D eigenvalue weighted by Gasteiger charge is -2.42. The van der Waals surface area contributed by atoms with Crippen LogP contribution in [0.1, 0.15) is 75.6 Å². The zero-order valence-electron chi connectivity index (χ0n) is 21.9. The Kier molecular flexibility index (Phi) is 6.53. The van der Waals surface area contributed by atoms with Crippen molar-refractivity contribution in [3.05, 3.63) is 66.0 Å². The molecule has 0 spiro atoms. The number of carbonyl (C=O) groups is 1. The van der Waals surface area contributed by atoms with Crippen LogP contribution in [-0.4, -0.2) is 56.1 Å². The summed E-state index contributed by atoms with van der Waals surface area (Å²) in [5.74, 6) is 2.50. The normalized spacial score (nSPS) is 20.0. The van der Waals surface area contributed by atoms with Crippen LogP contribution in [-0.2, 0) is 4.79 Å². The quantitative estimate of drug-likeness (QED) is 0.362. The lowest BCUT2D eigenvalue weighted by atomic mass is 9.89. The van der Waals surface area contributed by atoms with E-state index in [1.54, 1.807) is 0 Å². The summed E-state index contributed by atoms with van der Waals surface area (Å²) in [6.07, 6.45) is 6.90. The van der Waals surface area contributed by atoms with E-state index in [2.05, 4.69) is 57.4 Å². The van der Waals surface area contributed by atoms with Gasteiger partial charge >= 0.3 is 0 Å². The van der Waals surface area contributed by atoms with Gasteiger partial charge in [-0.15, -0.1) is 10.2 Å². The zero-order chi connectivity index (χ0) is 25.4. The summed E-state index contributed by atoms with van der Waals surface area (Å²) in [4.78, 5) is 23.2. The number of fused-ring (bicyclic) bond motifs is 3. The Balaban J connectivity index is 1.33. The van der Waals surface area contributed by atoms with Gasteiger partial charge in [0, 0.05) is 37.0 Å². The summed E-state index contributed by atoms with van der Waals surface area (Å²) >= 11 is 0. The molecule has 1 saturated heterocycles. The van der Waals surface area contributed by atoms with E-state index in [-0.39, 0.29) is 17.9 Å². The number of aromatic nitrogens is 4. The van der Waals surface area contributed by atoms with Crippen molar-refractivity contribution in [1.29, 1.82) is 0 Å². The number of carbonyl (C=O) groups excluding carboxylic acids is 1. The molecular weight excluding hydrogens is 460 g/mol. The van der Waals surface area contributed by atoms with Crippen LogP contribution in [0.5, 0.6) is 0 Å². The third kappa shape index (κ3) is 4.34. The van der Waals surface area contributed by atoms with Crippen molar-refractivity contribution < 1.29 is 4.79 Å². The minimum absolute atomic E-state index is 0.0805. The molecule has 0 bridgehead atoms. The van der Waals surface area contributed by atoms with Crippen molar-refractivity contribution in [2.45, 2.75) is 70.3 Å². The highest BCUT2D eigenvalue weighted by Crippen LogP contribution is 2.35. The highest BCUT2D eigenvalue weighted by Gasteiger charge is 2.34. The van der Waals surface area contributed by atoms with Gasteiger partial charge in [-0.05, 0) is 43.9 Å². The maximum absolute atomic E-state index is 13.7. The number of anilines is 1. The number of benzene rings is 2. The minimum Gasteiger partial charge on any atom is -0.338 e. The van der Waals surface area contributed by atoms with Crippen LogP contribution in [0.15, 0.2) is 54.6 Å². The van der Waals surface area contributed by atoms with E-state index in [9.17, 15) is 4.79 Å². The van der Waals surface area contributed by atoms with Crippen molar-refractivity contribution in [1.82, 2.24) is 24.5 Å². The minimum atomic E-state index is -0.101. The highest BCUT2D eigenvalue weighted by molar-refractivity contribution is 5.92. The molecule has 37 heavy (non-hydrogen) atoms. The Morgan fingerprint density at radius 3 is 2.49 bits per heavy atom. The van der Waals surface area contributed by atoms with Crippen LogP contribution in [0, 0.1) is 0 Å². The van der Waals surface area contributed by atoms with Gasteiger partial charge in [0.1, 0.15) is 5.82 Å². The van der Waals surface area contributed by atoms with E-state index in [1.165, 1.54) is 19.3 Å². The van der Waals surface area contributed by atoms with E-state index in [1.807, 2.05) is 30.3 Å². The molecule has 6 rings (SSSR count). The predicted molar refractivity (Wildman–Crippen MR) is 147 cm³/mol. The molecule has 3 heterocycles. The summed E-state index contributed by atoms with van der Waals surface area (Å²) in [6, 6.07) is 18.5. The standard InChI is InChI=1S/C30H36N6O/c1-3-24(22-12-6-4-7-13-22)29(37)35-19-18-34(20-21(35)2)30-31-26-17-11-10-16-25(26)28-33-32-27(36(28)30)23-14-8-5-9-15-23/h4,6-7,10-13,16-17,21,23-24H,3,5,8-9,14-15,18-20H2,1-2H3/t21-,24+/m0/s1. The first kappa shape index (κ1) is 23.9. The average Bonchev–Trinajstić information content (AvgIpc) is 3.40. The smallest absolute Gasteiger partial charge is 0.230 e. The molecule has 2 aliphatic rings. The predicted octanol–water partition coefficient (Wildman–Crippen LogP) is 5.56. The van der Waals surface area contributed by atoms with Gasteiger partial charge < -0.3 is 9.80 Å². The van der Waals surface area contributed by atoms with E-state index >= 15 is 0 Å². The summed E-state index contributed by atoms with van der Waals surface area (Å²) in [6.45, 7) is 6.42. The third-order valence-electron chi connectivity index (χ3n) is 8.33. The fraction of sp³-hybridized carbons (Fsp3) is 0.467. The first-order valence-corrected chi connectivity index (χ1v) is 13.9. The Labute approximate surface area is 218 Å². The number of rotatable bonds is 5. The van der Waals surface area contributed by atoms with Crippen LogP contribution in [0.25, 0.3) is 16.6 Å². The molecule has 4 aromatic rings. The monoisotopic (exact) mass is 496 g/mol. The largest absolute Gasteiger partial charge is 0.338 e. The molecule has 7 heteroatoms. The Hall–Kier alpha value is -3.48. The zero-order valence-corrected chi connectivity index (χ0v) is 21.9. The van der Waals surface area contributed by atoms with Gasteiger partial charge in [0.15, 0.2) is 5.65 Å². The molecule has 0 radical (unpaired) electrons. The van der Waals surface area contributed by atoms with Crippen molar-refractivity contribution in [2.24, 2.45) is 0 Å². The summed E-state index contributed by atoms with van der Waals surface area (Å²) in [5.41, 5.74) is 2.93. The van der Waals surface area contributed by atoms with Gasteiger partial charge in [0.25, 0.3) is 0 Å². The van der Waals surface area contributed by atoms with E-state index in [0.717, 1.165) is 66.2 Å². The van der Waals surface area contributed by atoms with Crippen LogP contribution in [0.4, 0.5) is 5.95 Å². The van der Waals surface area contributed by atoms with Gasteiger partial charge in [-0.3, -0.25) is 4.79 Å². The number of hydrogen-bond donors (Lipinski definition) is 0. The molecule has 1 aliphatic heterocycles. The van der Waals surface area contributed by atoms with Crippen LogP contribution in [0.3, 0.4) is 0 Å². The summed E-state index contributed by atoms with van der Waals surface area (Å²) in [7, 11) is 0. The van der Waals surface area contributed by atoms with E-state index in [4.69, 9.17) is 10.1 Å². The van der Waals surface area contributed by atoms with Crippen molar-refractivity contribution >= 4 is 28.4 Å². The van der Waals surface area contributed by atoms with Crippen molar-refractivity contribution in [3.63, 3.8) is 0 Å². The molecule has 1 amide bonds. The second-order valence-corrected chi connectivity index (χ2v) is 10.7. The Bertz CT molecular complexity index is 1390. The van der Waals surface area contributed by atoms with Gasteiger partial charge in [-0.1, -0.05) is 68.7 Å². The Morgan fingerprint density at radius 1 is 0.973 bits per heavy atom. The number of para-hydroxylation sites is 1. The van der Waals surface area contributed by atoms with Crippen LogP contribution in [0.2, 0.25) is 0 Å². The molecule has 2 atom stereocenters. The average molecular weight is 497 g/mol. The number of piperazine rings is 1. The fourth-order valence-corrected chi connectivity index (χ4v) is 6.33. The van der Waals surface area contributed by atoms with Gasteiger partial charge in [0.05, 0.1) is 11.4 Å². The first-order valence-electron chi connectivity index (χ1n) is 13.9. The molecule has 1 aliphatic carbocycles. The molecule has 2 aromatic heterocycles. The second kappa shape index (κ2) is 10.1. The van der Waals surface area contributed by atoms with Crippen molar-refractivity contribution in [3.8, 4) is 0 Å². The lowest BCUT2D eigenvalue weighted by Crippen LogP contribution is -2.55. The first-order chi connectivity index (χ1) is 18.2. The third-order valence-corrected chi connectivity index (χ3v) is 8.33. The molecular formula is C30H36N6O. The van der Waals surface area contributed by atoms with E-state index in [0.29, 0.717) is 12.5 Å². The van der Waals surface area contributed by atoms with Crippen LogP contribution >= 0.6 is 0 Å². The maximum Gasteiger partial charge on any atom is 0.230 e. The number of amides is 1. The molecule has 2 aromatic carbocycles. The summed E-state index contributed by atoms with van der Waals surface area (Å²) < 4.78 is 2.22. The highest BCUT2D eigenvalue weighted by atomic mass is 16.2. The van der Waals surface area contributed by atoms with Gasteiger partial charge in [0.2, 0.25) is 11.9 Å². The Morgan fingerprint density at radius 2 is 1.73 bits per heavy atom. The molecule has 1 saturated carbocycles. The number of nitrogens with zero attached hydrogens (tertiary/aromatic N) is 6. The summed E-state index contributed by atoms with van der Waals surface area (Å²) in [5, 5.41) is 10.5.